The van der Waals surface area contributed by atoms with Crippen molar-refractivity contribution in [3.05, 3.63) is 33.9 Å². The summed E-state index contributed by atoms with van der Waals surface area (Å²) < 4.78 is 28.6. The molecule has 2 aliphatic heterocycles. The fourth-order valence-corrected chi connectivity index (χ4v) is 5.97. The van der Waals surface area contributed by atoms with Crippen molar-refractivity contribution in [3.63, 3.8) is 0 Å². The van der Waals surface area contributed by atoms with Gasteiger partial charge in [-0.15, -0.1) is 0 Å². The van der Waals surface area contributed by atoms with Gasteiger partial charge in [-0.2, -0.15) is 0 Å². The fourth-order valence-electron chi connectivity index (χ4n) is 4.99. The van der Waals surface area contributed by atoms with E-state index in [1.807, 2.05) is 32.0 Å². The molecule has 1 aromatic carbocycles. The van der Waals surface area contributed by atoms with E-state index in [1.54, 1.807) is 19.1 Å². The molecule has 1 aliphatic carbocycles. The van der Waals surface area contributed by atoms with Crippen LogP contribution in [0.15, 0.2) is 28.4 Å². The monoisotopic (exact) mass is 509 g/mol. The second-order valence-electron chi connectivity index (χ2n) is 8.73. The first kappa shape index (κ1) is 23.1. The topological polar surface area (TPSA) is 83.5 Å². The average molecular weight is 510 g/mol. The molecule has 1 aromatic rings. The summed E-state index contributed by atoms with van der Waals surface area (Å²) in [6.07, 6.45) is 0.220. The maximum atomic E-state index is 13.1. The molecule has 0 radical (unpaired) electrons. The number of hydrogen-bond acceptors (Lipinski definition) is 7. The highest BCUT2D eigenvalue weighted by atomic mass is 79.9. The van der Waals surface area contributed by atoms with Gasteiger partial charge in [0, 0.05) is 17.4 Å². The normalized spacial score (nSPS) is 28.4. The van der Waals surface area contributed by atoms with Gasteiger partial charge in [-0.25, -0.2) is 0 Å². The van der Waals surface area contributed by atoms with Gasteiger partial charge in [0.2, 0.25) is 5.91 Å². The highest BCUT2D eigenvalue weighted by molar-refractivity contribution is 9.11. The zero-order valence-electron chi connectivity index (χ0n) is 18.9. The number of methoxy groups -OCH3 is 3. The molecule has 0 saturated carbocycles. The van der Waals surface area contributed by atoms with E-state index in [0.717, 1.165) is 5.56 Å². The summed E-state index contributed by atoms with van der Waals surface area (Å²) in [5, 5.41) is 0. The van der Waals surface area contributed by atoms with Crippen LogP contribution in [-0.4, -0.2) is 62.6 Å². The van der Waals surface area contributed by atoms with Crippen LogP contribution in [0, 0.1) is 5.41 Å². The van der Waals surface area contributed by atoms with Crippen LogP contribution < -0.4 is 9.47 Å². The van der Waals surface area contributed by atoms with E-state index < -0.39 is 17.2 Å². The predicted molar refractivity (Wildman–Crippen MR) is 118 cm³/mol. The summed E-state index contributed by atoms with van der Waals surface area (Å²) in [5.41, 5.74) is 0.517. The number of carbonyl (C=O) groups excluding carboxylic acids is 2. The zero-order valence-corrected chi connectivity index (χ0v) is 20.5. The van der Waals surface area contributed by atoms with Gasteiger partial charge >= 0.3 is 5.97 Å². The van der Waals surface area contributed by atoms with E-state index >= 15 is 0 Å². The molecule has 1 amide bonds. The van der Waals surface area contributed by atoms with Crippen molar-refractivity contribution in [2.45, 2.75) is 51.1 Å². The minimum Gasteiger partial charge on any atom is -0.493 e. The number of hydrogen-bond donors (Lipinski definition) is 0. The van der Waals surface area contributed by atoms with Gasteiger partial charge in [0.1, 0.15) is 11.5 Å². The van der Waals surface area contributed by atoms with Crippen molar-refractivity contribution in [2.24, 2.45) is 5.41 Å². The molecule has 2 saturated heterocycles. The van der Waals surface area contributed by atoms with Crippen LogP contribution in [0.2, 0.25) is 0 Å². The van der Waals surface area contributed by atoms with Crippen molar-refractivity contribution in [2.75, 3.05) is 27.9 Å². The van der Waals surface area contributed by atoms with Crippen molar-refractivity contribution in [1.29, 1.82) is 0 Å². The molecular weight excluding hydrogens is 482 g/mol. The Hall–Kier alpha value is -2.10. The third-order valence-electron chi connectivity index (χ3n) is 6.33. The molecular formula is C23H28BrNO7. The summed E-state index contributed by atoms with van der Waals surface area (Å²) >= 11 is 3.66. The lowest BCUT2D eigenvalue weighted by molar-refractivity contribution is -0.157. The smallest absolute Gasteiger partial charge is 0.318 e. The van der Waals surface area contributed by atoms with Gasteiger partial charge < -0.3 is 28.6 Å². The number of carbonyl (C=O) groups is 2. The van der Waals surface area contributed by atoms with E-state index in [4.69, 9.17) is 23.7 Å². The number of likely N-dealkylation sites (tertiary alicyclic amines) is 1. The summed E-state index contributed by atoms with van der Waals surface area (Å²) in [6.45, 7) is 4.09. The van der Waals surface area contributed by atoms with E-state index in [-0.39, 0.29) is 24.5 Å². The van der Waals surface area contributed by atoms with Crippen molar-refractivity contribution in [3.8, 4) is 11.5 Å². The Kier molecular flexibility index (Phi) is 6.02. The first-order valence-corrected chi connectivity index (χ1v) is 11.3. The number of amides is 1. The summed E-state index contributed by atoms with van der Waals surface area (Å²) in [4.78, 5) is 27.8. The summed E-state index contributed by atoms with van der Waals surface area (Å²) in [6, 6.07) is 5.67. The Labute approximate surface area is 195 Å². The second-order valence-corrected chi connectivity index (χ2v) is 9.58. The van der Waals surface area contributed by atoms with Gasteiger partial charge in [0.25, 0.3) is 0 Å². The molecule has 32 heavy (non-hydrogen) atoms. The number of fused-ring (bicyclic) bond motifs is 2. The van der Waals surface area contributed by atoms with E-state index in [2.05, 4.69) is 15.9 Å². The van der Waals surface area contributed by atoms with Crippen molar-refractivity contribution >= 4 is 27.8 Å². The molecule has 2 fully saturated rings. The Morgan fingerprint density at radius 3 is 2.56 bits per heavy atom. The Morgan fingerprint density at radius 2 is 1.91 bits per heavy atom. The molecule has 2 heterocycles. The Morgan fingerprint density at radius 1 is 1.19 bits per heavy atom. The van der Waals surface area contributed by atoms with Crippen LogP contribution in [0.3, 0.4) is 0 Å². The van der Waals surface area contributed by atoms with Crippen molar-refractivity contribution < 1.29 is 33.3 Å². The molecule has 9 heteroatoms. The Balaban J connectivity index is 1.67. The molecule has 174 valence electrons. The number of halogens is 1. The summed E-state index contributed by atoms with van der Waals surface area (Å²) in [7, 11) is 4.52. The molecule has 0 aromatic heterocycles. The van der Waals surface area contributed by atoms with Gasteiger partial charge in [-0.3, -0.25) is 9.59 Å². The number of nitrogens with zero attached hydrogens (tertiary/aromatic N) is 1. The third-order valence-corrected chi connectivity index (χ3v) is 7.16. The molecule has 8 nitrogen and oxygen atoms in total. The molecule has 0 unspecified atom stereocenters. The van der Waals surface area contributed by atoms with Gasteiger partial charge in [-0.05, 0) is 44.4 Å². The molecule has 0 bridgehead atoms. The number of ether oxygens (including phenoxy) is 5. The SMILES string of the molecule is COC(=O)[C@]12CC(=O)N(CCc3ccc(OC)c(OC)c3)C1=C(Br)[C@H]1OC(C)(C)O[C@H]1C2. The van der Waals surface area contributed by atoms with Crippen LogP contribution in [0.5, 0.6) is 11.5 Å². The minimum atomic E-state index is -1.09. The van der Waals surface area contributed by atoms with E-state index in [0.29, 0.717) is 41.1 Å². The van der Waals surface area contributed by atoms with Gasteiger partial charge in [0.05, 0.1) is 33.1 Å². The number of rotatable bonds is 6. The van der Waals surface area contributed by atoms with Crippen LogP contribution in [0.25, 0.3) is 0 Å². The van der Waals surface area contributed by atoms with Gasteiger partial charge in [0.15, 0.2) is 17.3 Å². The Bertz CT molecular complexity index is 975. The highest BCUT2D eigenvalue weighted by Gasteiger charge is 2.62. The van der Waals surface area contributed by atoms with Crippen LogP contribution >= 0.6 is 15.9 Å². The minimum absolute atomic E-state index is 0.0447. The lowest BCUT2D eigenvalue weighted by Gasteiger charge is -2.38. The molecule has 0 N–H and O–H groups in total. The molecule has 3 atom stereocenters. The second kappa shape index (κ2) is 8.35. The maximum absolute atomic E-state index is 13.1. The lowest BCUT2D eigenvalue weighted by atomic mass is 9.73. The fraction of sp³-hybridized carbons (Fsp3) is 0.565. The maximum Gasteiger partial charge on any atom is 0.318 e. The van der Waals surface area contributed by atoms with E-state index in [1.165, 1.54) is 7.11 Å². The molecule has 0 spiro atoms. The average Bonchev–Trinajstić information content (AvgIpc) is 3.23. The van der Waals surface area contributed by atoms with E-state index in [9.17, 15) is 9.59 Å². The highest BCUT2D eigenvalue weighted by Crippen LogP contribution is 2.56. The first-order valence-electron chi connectivity index (χ1n) is 10.5. The van der Waals surface area contributed by atoms with Crippen LogP contribution in [0.4, 0.5) is 0 Å². The standard InChI is InChI=1S/C23H28BrNO7/c1-22(2)31-16-11-23(21(27)30-5)12-17(26)25(20(23)18(24)19(16)32-22)9-8-13-6-7-14(28-3)15(10-13)29-4/h6-7,10,16,19H,8-9,11-12H2,1-5H3/t16-,19-,23+/m0/s1. The van der Waals surface area contributed by atoms with Gasteiger partial charge in [-0.1, -0.05) is 22.0 Å². The lowest BCUT2D eigenvalue weighted by Crippen LogP contribution is -2.45. The molecule has 4 rings (SSSR count). The quantitative estimate of drug-likeness (QED) is 0.544. The number of benzene rings is 1. The number of esters is 1. The zero-order chi connectivity index (χ0) is 23.3. The van der Waals surface area contributed by atoms with Crippen LogP contribution in [0.1, 0.15) is 32.3 Å². The molecule has 3 aliphatic rings. The summed E-state index contributed by atoms with van der Waals surface area (Å²) in [5.74, 6) is -0.0659. The predicted octanol–water partition coefficient (Wildman–Crippen LogP) is 3.17. The third kappa shape index (κ3) is 3.70. The first-order chi connectivity index (χ1) is 15.2. The van der Waals surface area contributed by atoms with Crippen LogP contribution in [-0.2, 0) is 30.2 Å². The van der Waals surface area contributed by atoms with Crippen molar-refractivity contribution in [1.82, 2.24) is 4.90 Å². The largest absolute Gasteiger partial charge is 0.493 e.